The van der Waals surface area contributed by atoms with Gasteiger partial charge in [-0.05, 0) is 68.8 Å². The molecule has 162 valence electrons. The molecule has 6 nitrogen and oxygen atoms in total. The molecule has 3 rings (SSSR count). The number of carbonyl (C=O) groups excluding carboxylic acids is 1. The molecule has 0 radical (unpaired) electrons. The first-order valence-electron chi connectivity index (χ1n) is 10.4. The minimum absolute atomic E-state index is 0.0381. The standard InChI is InChI=1S/C24H32N2O4/c1-17(22-15-21(29-3)9-10-23(22)30-4)25-24(27)19-11-13-26(14-12-19)16-18-5-7-20(28-2)8-6-18/h5-10,15,17,19H,11-14,16H2,1-4H3,(H,25,27). The van der Waals surface area contributed by atoms with Gasteiger partial charge in [-0.3, -0.25) is 9.69 Å². The van der Waals surface area contributed by atoms with Crippen LogP contribution in [0.5, 0.6) is 17.2 Å². The number of methoxy groups -OCH3 is 3. The Labute approximate surface area is 179 Å². The van der Waals surface area contributed by atoms with Crippen LogP contribution < -0.4 is 19.5 Å². The van der Waals surface area contributed by atoms with E-state index in [1.165, 1.54) is 5.56 Å². The molecule has 1 aliphatic heterocycles. The van der Waals surface area contributed by atoms with Crippen molar-refractivity contribution in [1.82, 2.24) is 10.2 Å². The van der Waals surface area contributed by atoms with E-state index in [1.54, 1.807) is 21.3 Å². The first-order valence-corrected chi connectivity index (χ1v) is 10.4. The molecule has 1 fully saturated rings. The van der Waals surface area contributed by atoms with E-state index in [1.807, 2.05) is 37.3 Å². The fraction of sp³-hybridized carbons (Fsp3) is 0.458. The van der Waals surface area contributed by atoms with Gasteiger partial charge in [-0.25, -0.2) is 0 Å². The molecule has 0 aliphatic carbocycles. The van der Waals surface area contributed by atoms with E-state index >= 15 is 0 Å². The van der Waals surface area contributed by atoms with Crippen LogP contribution in [0.2, 0.25) is 0 Å². The maximum Gasteiger partial charge on any atom is 0.223 e. The van der Waals surface area contributed by atoms with E-state index < -0.39 is 0 Å². The average molecular weight is 413 g/mol. The summed E-state index contributed by atoms with van der Waals surface area (Å²) >= 11 is 0. The van der Waals surface area contributed by atoms with Gasteiger partial charge in [0.05, 0.1) is 27.4 Å². The molecule has 2 aromatic carbocycles. The molecule has 30 heavy (non-hydrogen) atoms. The van der Waals surface area contributed by atoms with Crippen LogP contribution in [0.3, 0.4) is 0 Å². The van der Waals surface area contributed by atoms with Gasteiger partial charge in [0.25, 0.3) is 0 Å². The topological polar surface area (TPSA) is 60.0 Å². The molecule has 0 saturated carbocycles. The van der Waals surface area contributed by atoms with Crippen LogP contribution in [0, 0.1) is 5.92 Å². The van der Waals surface area contributed by atoms with Gasteiger partial charge in [0.2, 0.25) is 5.91 Å². The molecule has 1 aliphatic rings. The Morgan fingerprint density at radius 2 is 1.63 bits per heavy atom. The Balaban J connectivity index is 1.52. The predicted octanol–water partition coefficient (Wildman–Crippen LogP) is 3.80. The number of ether oxygens (including phenoxy) is 3. The number of nitrogens with one attached hydrogen (secondary N) is 1. The smallest absolute Gasteiger partial charge is 0.223 e. The minimum Gasteiger partial charge on any atom is -0.497 e. The monoisotopic (exact) mass is 412 g/mol. The van der Waals surface area contributed by atoms with Gasteiger partial charge < -0.3 is 19.5 Å². The molecule has 1 atom stereocenters. The number of hydrogen-bond acceptors (Lipinski definition) is 5. The first-order chi connectivity index (χ1) is 14.5. The van der Waals surface area contributed by atoms with Gasteiger partial charge in [0, 0.05) is 18.0 Å². The quantitative estimate of drug-likeness (QED) is 0.715. The average Bonchev–Trinajstić information content (AvgIpc) is 2.79. The van der Waals surface area contributed by atoms with Crippen molar-refractivity contribution in [2.75, 3.05) is 34.4 Å². The van der Waals surface area contributed by atoms with Crippen molar-refractivity contribution < 1.29 is 19.0 Å². The van der Waals surface area contributed by atoms with E-state index in [2.05, 4.69) is 22.3 Å². The van der Waals surface area contributed by atoms with E-state index in [0.29, 0.717) is 0 Å². The summed E-state index contributed by atoms with van der Waals surface area (Å²) in [7, 11) is 4.95. The number of amides is 1. The van der Waals surface area contributed by atoms with Gasteiger partial charge in [0.1, 0.15) is 17.2 Å². The van der Waals surface area contributed by atoms with Crippen molar-refractivity contribution in [3.05, 3.63) is 53.6 Å². The Hall–Kier alpha value is -2.73. The van der Waals surface area contributed by atoms with E-state index in [9.17, 15) is 4.79 Å². The lowest BCUT2D eigenvalue weighted by atomic mass is 9.94. The van der Waals surface area contributed by atoms with Gasteiger partial charge in [-0.15, -0.1) is 0 Å². The normalized spacial score (nSPS) is 16.0. The molecule has 2 aromatic rings. The Morgan fingerprint density at radius 3 is 2.23 bits per heavy atom. The number of carbonyl (C=O) groups is 1. The third-order valence-electron chi connectivity index (χ3n) is 5.79. The molecule has 1 heterocycles. The van der Waals surface area contributed by atoms with Crippen LogP contribution in [0.4, 0.5) is 0 Å². The summed E-state index contributed by atoms with van der Waals surface area (Å²) < 4.78 is 16.0. The third-order valence-corrected chi connectivity index (χ3v) is 5.79. The maximum atomic E-state index is 12.9. The highest BCUT2D eigenvalue weighted by molar-refractivity contribution is 5.79. The van der Waals surface area contributed by atoms with Crippen LogP contribution >= 0.6 is 0 Å². The number of piperidine rings is 1. The first kappa shape index (κ1) is 22.0. The van der Waals surface area contributed by atoms with Crippen molar-refractivity contribution >= 4 is 5.91 Å². The van der Waals surface area contributed by atoms with Crippen molar-refractivity contribution in [3.63, 3.8) is 0 Å². The van der Waals surface area contributed by atoms with Gasteiger partial charge in [0.15, 0.2) is 0 Å². The highest BCUT2D eigenvalue weighted by Gasteiger charge is 2.26. The second-order valence-corrected chi connectivity index (χ2v) is 7.74. The lowest BCUT2D eigenvalue weighted by Crippen LogP contribution is -2.40. The van der Waals surface area contributed by atoms with Crippen molar-refractivity contribution in [2.24, 2.45) is 5.92 Å². The van der Waals surface area contributed by atoms with Crippen LogP contribution in [-0.4, -0.2) is 45.2 Å². The molecule has 0 spiro atoms. The van der Waals surface area contributed by atoms with Crippen LogP contribution in [0.25, 0.3) is 0 Å². The molecule has 6 heteroatoms. The highest BCUT2D eigenvalue weighted by atomic mass is 16.5. The summed E-state index contributed by atoms with van der Waals surface area (Å²) in [5, 5.41) is 3.16. The summed E-state index contributed by atoms with van der Waals surface area (Å²) in [6, 6.07) is 13.7. The fourth-order valence-electron chi connectivity index (χ4n) is 3.93. The zero-order chi connectivity index (χ0) is 21.5. The largest absolute Gasteiger partial charge is 0.497 e. The molecular formula is C24H32N2O4. The Kier molecular flexibility index (Phi) is 7.57. The van der Waals surface area contributed by atoms with Crippen molar-refractivity contribution in [2.45, 2.75) is 32.4 Å². The van der Waals surface area contributed by atoms with Gasteiger partial charge in [-0.1, -0.05) is 12.1 Å². The van der Waals surface area contributed by atoms with Gasteiger partial charge >= 0.3 is 0 Å². The predicted molar refractivity (Wildman–Crippen MR) is 117 cm³/mol. The summed E-state index contributed by atoms with van der Waals surface area (Å²) in [5.74, 6) is 2.51. The molecule has 1 saturated heterocycles. The SMILES string of the molecule is COc1ccc(CN2CCC(C(=O)NC(C)c3cc(OC)ccc3OC)CC2)cc1. The Morgan fingerprint density at radius 1 is 1.00 bits per heavy atom. The lowest BCUT2D eigenvalue weighted by molar-refractivity contribution is -0.127. The summed E-state index contributed by atoms with van der Waals surface area (Å²) in [5.41, 5.74) is 2.18. The van der Waals surface area contributed by atoms with Crippen molar-refractivity contribution in [3.8, 4) is 17.2 Å². The molecule has 0 aromatic heterocycles. The second kappa shape index (κ2) is 10.3. The number of hydrogen-bond donors (Lipinski definition) is 1. The highest BCUT2D eigenvalue weighted by Crippen LogP contribution is 2.30. The zero-order valence-electron chi connectivity index (χ0n) is 18.3. The molecule has 1 unspecified atom stereocenters. The van der Waals surface area contributed by atoms with Crippen LogP contribution in [0.15, 0.2) is 42.5 Å². The molecule has 1 amide bonds. The van der Waals surface area contributed by atoms with Crippen molar-refractivity contribution in [1.29, 1.82) is 0 Å². The van der Waals surface area contributed by atoms with E-state index in [0.717, 1.165) is 55.3 Å². The van der Waals surface area contributed by atoms with Crippen LogP contribution in [-0.2, 0) is 11.3 Å². The second-order valence-electron chi connectivity index (χ2n) is 7.74. The maximum absolute atomic E-state index is 12.9. The van der Waals surface area contributed by atoms with E-state index in [4.69, 9.17) is 14.2 Å². The number of rotatable bonds is 8. The van der Waals surface area contributed by atoms with Gasteiger partial charge in [-0.2, -0.15) is 0 Å². The molecule has 0 bridgehead atoms. The molecule has 1 N–H and O–H groups in total. The fourth-order valence-corrected chi connectivity index (χ4v) is 3.93. The summed E-state index contributed by atoms with van der Waals surface area (Å²) in [6.45, 7) is 4.71. The summed E-state index contributed by atoms with van der Waals surface area (Å²) in [4.78, 5) is 15.3. The number of likely N-dealkylation sites (tertiary alicyclic amines) is 1. The zero-order valence-corrected chi connectivity index (χ0v) is 18.3. The van der Waals surface area contributed by atoms with Crippen LogP contribution in [0.1, 0.15) is 36.9 Å². The Bertz CT molecular complexity index is 830. The molecular weight excluding hydrogens is 380 g/mol. The lowest BCUT2D eigenvalue weighted by Gasteiger charge is -2.32. The minimum atomic E-state index is -0.153. The third kappa shape index (κ3) is 5.45. The number of nitrogens with zero attached hydrogens (tertiary/aromatic N) is 1. The summed E-state index contributed by atoms with van der Waals surface area (Å²) in [6.07, 6.45) is 1.73. The number of benzene rings is 2. The van der Waals surface area contributed by atoms with E-state index in [-0.39, 0.29) is 17.9 Å².